The number of carbonyl (C=O) groups is 2. The fraction of sp³-hybridized carbons (Fsp3) is 0.600. The summed E-state index contributed by atoms with van der Waals surface area (Å²) < 4.78 is 0. The minimum atomic E-state index is -0.923. The number of aryl methyl sites for hydroxylation is 1. The van der Waals surface area contributed by atoms with Crippen LogP contribution in [0.25, 0.3) is 0 Å². The maximum atomic E-state index is 11.2. The Morgan fingerprint density at radius 1 is 0.815 bits per heavy atom. The minimum absolute atomic E-state index is 0.133. The van der Waals surface area contributed by atoms with E-state index < -0.39 is 28.5 Å². The maximum Gasteiger partial charge on any atom is 0.309 e. The van der Waals surface area contributed by atoms with Crippen molar-refractivity contribution in [3.8, 4) is 17.2 Å². The number of carboxylic acid groups (broad SMARTS) is 2. The van der Waals surface area contributed by atoms with Crippen molar-refractivity contribution in [3.05, 3.63) is 17.2 Å². The number of phenols is 3. The minimum Gasteiger partial charge on any atom is -0.507 e. The van der Waals surface area contributed by atoms with Gasteiger partial charge in [0.15, 0.2) is 11.5 Å². The van der Waals surface area contributed by atoms with Crippen LogP contribution in [0.4, 0.5) is 0 Å². The van der Waals surface area contributed by atoms with Crippen molar-refractivity contribution < 1.29 is 35.1 Å². The smallest absolute Gasteiger partial charge is 0.309 e. The molecular weight excluding hydrogens is 352 g/mol. The summed E-state index contributed by atoms with van der Waals surface area (Å²) in [6, 6.07) is 1.28. The van der Waals surface area contributed by atoms with Gasteiger partial charge in [-0.25, -0.2) is 0 Å². The zero-order valence-corrected chi connectivity index (χ0v) is 16.4. The van der Waals surface area contributed by atoms with Gasteiger partial charge in [-0.1, -0.05) is 0 Å². The molecule has 0 aliphatic rings. The molecule has 0 aliphatic heterocycles. The second-order valence-corrected chi connectivity index (χ2v) is 8.32. The van der Waals surface area contributed by atoms with Crippen LogP contribution in [0.3, 0.4) is 0 Å². The van der Waals surface area contributed by atoms with Gasteiger partial charge < -0.3 is 25.5 Å². The van der Waals surface area contributed by atoms with E-state index in [-0.39, 0.29) is 23.5 Å². The predicted octanol–water partition coefficient (Wildman–Crippen LogP) is 3.67. The molecule has 7 heteroatoms. The lowest BCUT2D eigenvalue weighted by atomic mass is 9.85. The van der Waals surface area contributed by atoms with E-state index in [0.717, 1.165) is 0 Å². The molecule has 0 heterocycles. The molecule has 0 saturated heterocycles. The maximum absolute atomic E-state index is 11.2. The largest absolute Gasteiger partial charge is 0.507 e. The van der Waals surface area contributed by atoms with E-state index >= 15 is 0 Å². The Hall–Kier alpha value is -2.44. The zero-order chi connectivity index (χ0) is 21.0. The highest BCUT2D eigenvalue weighted by atomic mass is 16.4. The summed E-state index contributed by atoms with van der Waals surface area (Å²) in [5.41, 5.74) is -1.20. The van der Waals surface area contributed by atoms with Crippen molar-refractivity contribution in [2.75, 3.05) is 0 Å². The predicted molar refractivity (Wildman–Crippen MR) is 100 cm³/mol. The van der Waals surface area contributed by atoms with Crippen LogP contribution in [0.5, 0.6) is 17.2 Å². The number of phenolic OH excluding ortho intramolecular Hbond substituents is 3. The van der Waals surface area contributed by atoms with Gasteiger partial charge in [-0.15, -0.1) is 0 Å². The first-order valence-corrected chi connectivity index (χ1v) is 9.02. The average Bonchev–Trinajstić information content (AvgIpc) is 2.54. The summed E-state index contributed by atoms with van der Waals surface area (Å²) >= 11 is 0. The summed E-state index contributed by atoms with van der Waals surface area (Å²) in [6.45, 7) is 6.46. The molecule has 0 radical (unpaired) electrons. The molecular formula is C20H30O7. The summed E-state index contributed by atoms with van der Waals surface area (Å²) in [4.78, 5) is 22.3. The van der Waals surface area contributed by atoms with Gasteiger partial charge in [0.1, 0.15) is 5.75 Å². The van der Waals surface area contributed by atoms with E-state index in [1.165, 1.54) is 6.07 Å². The van der Waals surface area contributed by atoms with Gasteiger partial charge in [0.25, 0.3) is 0 Å². The topological polar surface area (TPSA) is 135 Å². The lowest BCUT2D eigenvalue weighted by molar-refractivity contribution is -0.148. The highest BCUT2D eigenvalue weighted by Gasteiger charge is 2.28. The molecule has 27 heavy (non-hydrogen) atoms. The van der Waals surface area contributed by atoms with Crippen molar-refractivity contribution in [2.24, 2.45) is 10.8 Å². The standard InChI is InChI=1S/C20H30O7/c1-19(2,17(24)25)9-5-7-12-11-14(21)16(23)13(15(12)22)8-6-10-20(3,4)18(26)27/h11,21-23H,5-10H2,1-4H3,(H,24,25)(H,26,27). The van der Waals surface area contributed by atoms with Crippen LogP contribution in [0, 0.1) is 10.8 Å². The molecule has 7 nitrogen and oxygen atoms in total. The van der Waals surface area contributed by atoms with Crippen LogP contribution in [-0.2, 0) is 22.4 Å². The first-order chi connectivity index (χ1) is 12.3. The van der Waals surface area contributed by atoms with Gasteiger partial charge in [0.05, 0.1) is 10.8 Å². The van der Waals surface area contributed by atoms with E-state index in [1.807, 2.05) is 0 Å². The molecule has 0 bridgehead atoms. The lowest BCUT2D eigenvalue weighted by Crippen LogP contribution is -2.23. The molecule has 1 aromatic rings. The Morgan fingerprint density at radius 2 is 1.26 bits per heavy atom. The summed E-state index contributed by atoms with van der Waals surface area (Å²) in [7, 11) is 0. The fourth-order valence-electron chi connectivity index (χ4n) is 2.83. The summed E-state index contributed by atoms with van der Waals surface area (Å²) in [6.07, 6.45) is 2.21. The number of benzene rings is 1. The van der Waals surface area contributed by atoms with E-state index in [9.17, 15) is 24.9 Å². The molecule has 152 valence electrons. The Labute approximate surface area is 159 Å². The number of hydrogen-bond acceptors (Lipinski definition) is 5. The lowest BCUT2D eigenvalue weighted by Gasteiger charge is -2.20. The van der Waals surface area contributed by atoms with Crippen molar-refractivity contribution >= 4 is 11.9 Å². The Kier molecular flexibility index (Phi) is 7.11. The van der Waals surface area contributed by atoms with E-state index in [1.54, 1.807) is 27.7 Å². The highest BCUT2D eigenvalue weighted by molar-refractivity contribution is 5.73. The second kappa shape index (κ2) is 8.50. The molecule has 5 N–H and O–H groups in total. The van der Waals surface area contributed by atoms with Crippen molar-refractivity contribution in [1.29, 1.82) is 0 Å². The second-order valence-electron chi connectivity index (χ2n) is 8.32. The molecule has 0 saturated carbocycles. The number of aliphatic carboxylic acids is 2. The molecule has 0 unspecified atom stereocenters. The molecule has 0 atom stereocenters. The molecule has 1 aromatic carbocycles. The van der Waals surface area contributed by atoms with E-state index in [0.29, 0.717) is 37.7 Å². The van der Waals surface area contributed by atoms with Crippen LogP contribution in [-0.4, -0.2) is 37.5 Å². The van der Waals surface area contributed by atoms with Crippen LogP contribution in [0.2, 0.25) is 0 Å². The summed E-state index contributed by atoms with van der Waals surface area (Å²) in [5, 5.41) is 48.8. The molecule has 0 aromatic heterocycles. The third kappa shape index (κ3) is 5.77. The van der Waals surface area contributed by atoms with Gasteiger partial charge in [0.2, 0.25) is 0 Å². The zero-order valence-electron chi connectivity index (χ0n) is 16.4. The quantitative estimate of drug-likeness (QED) is 0.308. The van der Waals surface area contributed by atoms with Crippen molar-refractivity contribution in [3.63, 3.8) is 0 Å². The van der Waals surface area contributed by atoms with Crippen LogP contribution in [0.15, 0.2) is 6.07 Å². The number of rotatable bonds is 10. The van der Waals surface area contributed by atoms with Gasteiger partial charge in [-0.2, -0.15) is 0 Å². The Balaban J connectivity index is 2.88. The molecule has 0 fully saturated rings. The van der Waals surface area contributed by atoms with Gasteiger partial charge in [0, 0.05) is 5.56 Å². The van der Waals surface area contributed by atoms with Gasteiger partial charge in [-0.05, 0) is 77.8 Å². The number of hydrogen-bond donors (Lipinski definition) is 5. The SMILES string of the molecule is CC(C)(CCCc1cc(O)c(O)c(CCCC(C)(C)C(=O)O)c1O)C(=O)O. The van der Waals surface area contributed by atoms with Gasteiger partial charge in [-0.3, -0.25) is 9.59 Å². The van der Waals surface area contributed by atoms with Crippen LogP contribution in [0.1, 0.15) is 64.5 Å². The van der Waals surface area contributed by atoms with Gasteiger partial charge >= 0.3 is 11.9 Å². The first kappa shape index (κ1) is 22.6. The Morgan fingerprint density at radius 3 is 1.70 bits per heavy atom. The van der Waals surface area contributed by atoms with E-state index in [4.69, 9.17) is 10.2 Å². The number of aromatic hydroxyl groups is 3. The summed E-state index contributed by atoms with van der Waals surface area (Å²) in [5.74, 6) is -2.72. The van der Waals surface area contributed by atoms with Crippen LogP contribution < -0.4 is 0 Å². The van der Waals surface area contributed by atoms with Crippen molar-refractivity contribution in [2.45, 2.75) is 66.2 Å². The van der Waals surface area contributed by atoms with Crippen LogP contribution >= 0.6 is 0 Å². The normalized spacial score (nSPS) is 12.1. The monoisotopic (exact) mass is 382 g/mol. The third-order valence-corrected chi connectivity index (χ3v) is 5.06. The first-order valence-electron chi connectivity index (χ1n) is 9.02. The highest BCUT2D eigenvalue weighted by Crippen LogP contribution is 2.40. The Bertz CT molecular complexity index is 705. The number of carboxylic acids is 2. The molecule has 0 amide bonds. The fourth-order valence-corrected chi connectivity index (χ4v) is 2.83. The van der Waals surface area contributed by atoms with Crippen molar-refractivity contribution in [1.82, 2.24) is 0 Å². The average molecular weight is 382 g/mol. The third-order valence-electron chi connectivity index (χ3n) is 5.06. The molecule has 1 rings (SSSR count). The molecule has 0 aliphatic carbocycles. The molecule has 0 spiro atoms. The van der Waals surface area contributed by atoms with E-state index in [2.05, 4.69) is 0 Å².